The van der Waals surface area contributed by atoms with Crippen molar-refractivity contribution in [3.05, 3.63) is 0 Å². The van der Waals surface area contributed by atoms with Crippen molar-refractivity contribution in [3.8, 4) is 0 Å². The van der Waals surface area contributed by atoms with Crippen LogP contribution in [0, 0.1) is 16.7 Å². The van der Waals surface area contributed by atoms with Gasteiger partial charge in [-0.05, 0) is 29.6 Å². The van der Waals surface area contributed by atoms with E-state index in [-0.39, 0.29) is 0 Å². The van der Waals surface area contributed by atoms with E-state index in [0.29, 0.717) is 22.8 Å². The van der Waals surface area contributed by atoms with Crippen molar-refractivity contribution >= 4 is 5.96 Å². The highest BCUT2D eigenvalue weighted by Crippen LogP contribution is 2.68. The van der Waals surface area contributed by atoms with Gasteiger partial charge in [-0.3, -0.25) is 10.4 Å². The zero-order chi connectivity index (χ0) is 14.1. The molecule has 0 bridgehead atoms. The third kappa shape index (κ3) is 2.88. The summed E-state index contributed by atoms with van der Waals surface area (Å²) in [5.41, 5.74) is 3.51. The van der Waals surface area contributed by atoms with Crippen LogP contribution in [-0.2, 0) is 0 Å². The summed E-state index contributed by atoms with van der Waals surface area (Å²) in [6.45, 7) is 10.2. The van der Waals surface area contributed by atoms with Crippen molar-refractivity contribution in [1.82, 2.24) is 10.7 Å². The van der Waals surface area contributed by atoms with Crippen LogP contribution in [0.4, 0.5) is 0 Å². The van der Waals surface area contributed by atoms with Gasteiger partial charge in [0, 0.05) is 12.6 Å². The number of nitrogens with zero attached hydrogens (tertiary/aromatic N) is 1. The largest absolute Gasteiger partial charge is 0.353 e. The number of hydrazine groups is 1. The molecule has 19 heavy (non-hydrogen) atoms. The molecule has 0 heterocycles. The predicted octanol–water partition coefficient (Wildman–Crippen LogP) is 2.41. The first kappa shape index (κ1) is 14.6. The first-order valence-corrected chi connectivity index (χ1v) is 7.67. The summed E-state index contributed by atoms with van der Waals surface area (Å²) in [5, 5.41) is 3.46. The van der Waals surface area contributed by atoms with Crippen LogP contribution in [0.1, 0.15) is 59.8 Å². The SMILES string of the molecule is CC1(C)C(CN=C(NN)NC2CCCCC2)C1(C)C. The fourth-order valence-electron chi connectivity index (χ4n) is 3.55. The molecule has 0 aliphatic heterocycles. The minimum atomic E-state index is 0.390. The van der Waals surface area contributed by atoms with Crippen LogP contribution in [-0.4, -0.2) is 18.5 Å². The van der Waals surface area contributed by atoms with Gasteiger partial charge in [0.15, 0.2) is 0 Å². The van der Waals surface area contributed by atoms with Gasteiger partial charge in [0.25, 0.3) is 0 Å². The molecule has 2 aliphatic rings. The van der Waals surface area contributed by atoms with Crippen molar-refractivity contribution in [1.29, 1.82) is 0 Å². The smallest absolute Gasteiger partial charge is 0.205 e. The fourth-order valence-corrected chi connectivity index (χ4v) is 3.55. The third-order valence-corrected chi connectivity index (χ3v) is 5.83. The third-order valence-electron chi connectivity index (χ3n) is 5.83. The number of nitrogens with one attached hydrogen (secondary N) is 2. The van der Waals surface area contributed by atoms with Crippen LogP contribution < -0.4 is 16.6 Å². The highest BCUT2D eigenvalue weighted by Gasteiger charge is 2.64. The summed E-state index contributed by atoms with van der Waals surface area (Å²) in [6.07, 6.45) is 6.48. The number of rotatable bonds is 3. The van der Waals surface area contributed by atoms with E-state index in [1.807, 2.05) is 0 Å². The van der Waals surface area contributed by atoms with Gasteiger partial charge >= 0.3 is 0 Å². The van der Waals surface area contributed by atoms with E-state index in [9.17, 15) is 0 Å². The van der Waals surface area contributed by atoms with E-state index in [2.05, 4.69) is 43.4 Å². The minimum absolute atomic E-state index is 0.390. The van der Waals surface area contributed by atoms with Crippen LogP contribution in [0.2, 0.25) is 0 Å². The molecule has 2 rings (SSSR count). The molecular weight excluding hydrogens is 236 g/mol. The average molecular weight is 266 g/mol. The van der Waals surface area contributed by atoms with Crippen LogP contribution in [0.3, 0.4) is 0 Å². The lowest BCUT2D eigenvalue weighted by molar-refractivity contribution is 0.409. The van der Waals surface area contributed by atoms with Crippen molar-refractivity contribution < 1.29 is 0 Å². The lowest BCUT2D eigenvalue weighted by atomic mass is 9.96. The molecule has 0 amide bonds. The molecule has 0 atom stereocenters. The first-order valence-electron chi connectivity index (χ1n) is 7.67. The maximum absolute atomic E-state index is 5.59. The Hall–Kier alpha value is -0.770. The molecule has 0 spiro atoms. The normalized spacial score (nSPS) is 27.1. The van der Waals surface area contributed by atoms with E-state index in [1.54, 1.807) is 0 Å². The Morgan fingerprint density at radius 3 is 2.16 bits per heavy atom. The Morgan fingerprint density at radius 2 is 1.68 bits per heavy atom. The summed E-state index contributed by atoms with van der Waals surface area (Å²) in [4.78, 5) is 4.66. The fraction of sp³-hybridized carbons (Fsp3) is 0.933. The number of aliphatic imine (C=N–C) groups is 1. The lowest BCUT2D eigenvalue weighted by Gasteiger charge is -2.24. The molecule has 4 heteroatoms. The number of nitrogens with two attached hydrogens (primary N) is 1. The van der Waals surface area contributed by atoms with E-state index in [1.165, 1.54) is 32.1 Å². The van der Waals surface area contributed by atoms with Crippen molar-refractivity contribution in [2.24, 2.45) is 27.6 Å². The Kier molecular flexibility index (Phi) is 4.09. The zero-order valence-electron chi connectivity index (χ0n) is 12.9. The first-order chi connectivity index (χ1) is 8.89. The van der Waals surface area contributed by atoms with E-state index >= 15 is 0 Å². The van der Waals surface area contributed by atoms with Gasteiger partial charge in [-0.2, -0.15) is 0 Å². The maximum atomic E-state index is 5.59. The molecule has 0 unspecified atom stereocenters. The molecule has 4 N–H and O–H groups in total. The van der Waals surface area contributed by atoms with Crippen LogP contribution in [0.5, 0.6) is 0 Å². The second-order valence-electron chi connectivity index (χ2n) is 7.31. The monoisotopic (exact) mass is 266 g/mol. The minimum Gasteiger partial charge on any atom is -0.353 e. The number of guanidine groups is 1. The molecule has 0 aromatic heterocycles. The van der Waals surface area contributed by atoms with Gasteiger partial charge in [0.1, 0.15) is 0 Å². The van der Waals surface area contributed by atoms with Crippen LogP contribution in [0.15, 0.2) is 4.99 Å². The molecule has 2 fully saturated rings. The average Bonchev–Trinajstić information content (AvgIpc) is 2.77. The van der Waals surface area contributed by atoms with Crippen molar-refractivity contribution in [2.75, 3.05) is 6.54 Å². The zero-order valence-corrected chi connectivity index (χ0v) is 12.9. The van der Waals surface area contributed by atoms with Gasteiger partial charge in [-0.15, -0.1) is 0 Å². The molecule has 0 aromatic carbocycles. The van der Waals surface area contributed by atoms with Gasteiger partial charge in [0.2, 0.25) is 5.96 Å². The number of hydrogen-bond acceptors (Lipinski definition) is 2. The molecule has 0 radical (unpaired) electrons. The Labute approximate surface area is 117 Å². The van der Waals surface area contributed by atoms with E-state index < -0.39 is 0 Å². The highest BCUT2D eigenvalue weighted by molar-refractivity contribution is 5.79. The quantitative estimate of drug-likeness (QED) is 0.318. The topological polar surface area (TPSA) is 62.4 Å². The summed E-state index contributed by atoms with van der Waals surface area (Å²) in [5.74, 6) is 7.01. The van der Waals surface area contributed by atoms with Gasteiger partial charge in [-0.1, -0.05) is 47.0 Å². The van der Waals surface area contributed by atoms with Gasteiger partial charge < -0.3 is 5.32 Å². The van der Waals surface area contributed by atoms with Crippen LogP contribution in [0.25, 0.3) is 0 Å². The van der Waals surface area contributed by atoms with Crippen molar-refractivity contribution in [3.63, 3.8) is 0 Å². The molecule has 0 saturated heterocycles. The van der Waals surface area contributed by atoms with Crippen molar-refractivity contribution in [2.45, 2.75) is 65.8 Å². The maximum Gasteiger partial charge on any atom is 0.205 e. The Balaban J connectivity index is 1.86. The standard InChI is InChI=1S/C15H30N4/c1-14(2)12(15(14,3)4)10-17-13(19-16)18-11-8-6-5-7-9-11/h11-12H,5-10,16H2,1-4H3,(H2,17,18,19). The molecule has 2 aliphatic carbocycles. The summed E-state index contributed by atoms with van der Waals surface area (Å²) in [7, 11) is 0. The molecule has 0 aromatic rings. The predicted molar refractivity (Wildman–Crippen MR) is 80.7 cm³/mol. The molecular formula is C15H30N4. The van der Waals surface area contributed by atoms with E-state index in [0.717, 1.165) is 12.5 Å². The second kappa shape index (κ2) is 5.31. The highest BCUT2D eigenvalue weighted by atomic mass is 15.3. The second-order valence-corrected chi connectivity index (χ2v) is 7.31. The van der Waals surface area contributed by atoms with E-state index in [4.69, 9.17) is 5.84 Å². The molecule has 110 valence electrons. The van der Waals surface area contributed by atoms with Gasteiger partial charge in [-0.25, -0.2) is 5.84 Å². The molecule has 4 nitrogen and oxygen atoms in total. The van der Waals surface area contributed by atoms with Crippen LogP contribution >= 0.6 is 0 Å². The van der Waals surface area contributed by atoms with Gasteiger partial charge in [0.05, 0.1) is 0 Å². The summed E-state index contributed by atoms with van der Waals surface area (Å²) >= 11 is 0. The summed E-state index contributed by atoms with van der Waals surface area (Å²) in [6, 6.07) is 0.545. The number of hydrogen-bond donors (Lipinski definition) is 3. The summed E-state index contributed by atoms with van der Waals surface area (Å²) < 4.78 is 0. The Morgan fingerprint density at radius 1 is 1.11 bits per heavy atom. The molecule has 2 saturated carbocycles. The lowest BCUT2D eigenvalue weighted by Crippen LogP contribution is -2.47. The Bertz CT molecular complexity index is 326.